The van der Waals surface area contributed by atoms with Crippen molar-refractivity contribution in [2.45, 2.75) is 37.5 Å². The van der Waals surface area contributed by atoms with Crippen LogP contribution in [-0.4, -0.2) is 87.8 Å². The summed E-state index contributed by atoms with van der Waals surface area (Å²) >= 11 is 0. The van der Waals surface area contributed by atoms with Crippen molar-refractivity contribution in [3.05, 3.63) is 29.3 Å². The van der Waals surface area contributed by atoms with Gasteiger partial charge in [0.05, 0.1) is 4.90 Å². The number of piperidine rings is 1. The van der Waals surface area contributed by atoms with Gasteiger partial charge in [0.2, 0.25) is 10.0 Å². The van der Waals surface area contributed by atoms with Gasteiger partial charge in [0.1, 0.15) is 0 Å². The van der Waals surface area contributed by atoms with Gasteiger partial charge >= 0.3 is 0 Å². The van der Waals surface area contributed by atoms with E-state index in [4.69, 9.17) is 0 Å². The number of nitrogens with one attached hydrogen (secondary N) is 1. The first-order chi connectivity index (χ1) is 13.9. The molecule has 0 bridgehead atoms. The Balaban J connectivity index is 1.59. The summed E-state index contributed by atoms with van der Waals surface area (Å²) in [4.78, 5) is 17.4. The zero-order valence-electron chi connectivity index (χ0n) is 17.7. The Labute approximate surface area is 175 Å². The molecule has 7 nitrogen and oxygen atoms in total. The van der Waals surface area contributed by atoms with Gasteiger partial charge in [0.15, 0.2) is 0 Å². The van der Waals surface area contributed by atoms with Crippen LogP contribution in [0, 0.1) is 6.92 Å². The summed E-state index contributed by atoms with van der Waals surface area (Å²) in [6.45, 7) is 8.13. The van der Waals surface area contributed by atoms with Crippen molar-refractivity contribution in [2.24, 2.45) is 0 Å². The van der Waals surface area contributed by atoms with Crippen LogP contribution < -0.4 is 5.32 Å². The van der Waals surface area contributed by atoms with Gasteiger partial charge in [-0.25, -0.2) is 8.42 Å². The fourth-order valence-corrected chi connectivity index (χ4v) is 5.42. The topological polar surface area (TPSA) is 73.0 Å². The van der Waals surface area contributed by atoms with Gasteiger partial charge in [0.25, 0.3) is 5.91 Å². The van der Waals surface area contributed by atoms with Gasteiger partial charge in [-0.2, -0.15) is 4.31 Å². The van der Waals surface area contributed by atoms with Gasteiger partial charge in [-0.1, -0.05) is 12.5 Å². The maximum atomic E-state index is 13.0. The van der Waals surface area contributed by atoms with Crippen LogP contribution in [0.5, 0.6) is 0 Å². The van der Waals surface area contributed by atoms with E-state index in [0.717, 1.165) is 44.7 Å². The molecule has 0 atom stereocenters. The minimum Gasteiger partial charge on any atom is -0.352 e. The Morgan fingerprint density at radius 1 is 1.03 bits per heavy atom. The maximum Gasteiger partial charge on any atom is 0.251 e. The van der Waals surface area contributed by atoms with Crippen LogP contribution in [-0.2, 0) is 10.0 Å². The number of hydrogen-bond donors (Lipinski definition) is 1. The number of hydrogen-bond acceptors (Lipinski definition) is 5. The fraction of sp³-hybridized carbons (Fsp3) is 0.667. The summed E-state index contributed by atoms with van der Waals surface area (Å²) < 4.78 is 27.5. The van der Waals surface area contributed by atoms with Gasteiger partial charge in [-0.05, 0) is 70.6 Å². The Bertz CT molecular complexity index is 798. The van der Waals surface area contributed by atoms with E-state index in [9.17, 15) is 13.2 Å². The van der Waals surface area contributed by atoms with Crippen LogP contribution >= 0.6 is 0 Å². The standard InChI is InChI=1S/C21H34N4O3S/c1-18-7-8-19(29(27,28)25-15-13-23(2)14-16-25)17-20(18)21(26)22-9-6-12-24-10-4-3-5-11-24/h7-8,17H,3-6,9-16H2,1-2H3,(H,22,26). The number of amides is 1. The molecule has 1 amide bonds. The summed E-state index contributed by atoms with van der Waals surface area (Å²) in [5.41, 5.74) is 1.23. The lowest BCUT2D eigenvalue weighted by Crippen LogP contribution is -2.47. The van der Waals surface area contributed by atoms with Gasteiger partial charge in [0, 0.05) is 38.3 Å². The summed E-state index contributed by atoms with van der Waals surface area (Å²) in [5.74, 6) is -0.198. The second kappa shape index (κ2) is 10.0. The number of benzene rings is 1. The molecule has 2 fully saturated rings. The first-order valence-electron chi connectivity index (χ1n) is 10.7. The monoisotopic (exact) mass is 422 g/mol. The molecule has 1 N–H and O–H groups in total. The molecular weight excluding hydrogens is 388 g/mol. The van der Waals surface area contributed by atoms with Crippen LogP contribution in [0.3, 0.4) is 0 Å². The Hall–Kier alpha value is -1.48. The van der Waals surface area contributed by atoms with E-state index < -0.39 is 10.0 Å². The number of likely N-dealkylation sites (N-methyl/N-ethyl adjacent to an activating group) is 1. The first-order valence-corrected chi connectivity index (χ1v) is 12.1. The zero-order valence-corrected chi connectivity index (χ0v) is 18.5. The fourth-order valence-electron chi connectivity index (χ4n) is 3.97. The molecule has 2 heterocycles. The first kappa shape index (κ1) is 22.2. The number of carbonyl (C=O) groups is 1. The number of sulfonamides is 1. The average Bonchev–Trinajstić information content (AvgIpc) is 2.72. The zero-order chi connectivity index (χ0) is 20.9. The molecule has 1 aromatic carbocycles. The molecule has 3 rings (SSSR count). The quantitative estimate of drug-likeness (QED) is 0.675. The molecule has 2 aliphatic rings. The van der Waals surface area contributed by atoms with E-state index in [1.54, 1.807) is 12.1 Å². The average molecular weight is 423 g/mol. The third kappa shape index (κ3) is 5.78. The highest BCUT2D eigenvalue weighted by Crippen LogP contribution is 2.21. The predicted octanol–water partition coefficient (Wildman–Crippen LogP) is 1.54. The second-order valence-electron chi connectivity index (χ2n) is 8.20. The summed E-state index contributed by atoms with van der Waals surface area (Å²) in [5, 5.41) is 2.96. The molecule has 162 valence electrons. The molecule has 0 spiro atoms. The highest BCUT2D eigenvalue weighted by atomic mass is 32.2. The molecule has 29 heavy (non-hydrogen) atoms. The second-order valence-corrected chi connectivity index (χ2v) is 10.1. The van der Waals surface area contributed by atoms with Crippen LogP contribution in [0.15, 0.2) is 23.1 Å². The summed E-state index contributed by atoms with van der Waals surface area (Å²) in [6.07, 6.45) is 4.75. The van der Waals surface area contributed by atoms with Crippen molar-refractivity contribution in [3.63, 3.8) is 0 Å². The molecule has 0 aromatic heterocycles. The van der Waals surface area contributed by atoms with E-state index in [0.29, 0.717) is 25.2 Å². The summed E-state index contributed by atoms with van der Waals surface area (Å²) in [7, 11) is -1.59. The normalized spacial score (nSPS) is 19.9. The molecular formula is C21H34N4O3S. The van der Waals surface area contributed by atoms with Crippen molar-refractivity contribution >= 4 is 15.9 Å². The molecule has 0 saturated carbocycles. The molecule has 8 heteroatoms. The largest absolute Gasteiger partial charge is 0.352 e. The number of aryl methyl sites for hydroxylation is 1. The number of nitrogens with zero attached hydrogens (tertiary/aromatic N) is 3. The van der Waals surface area contributed by atoms with E-state index in [-0.39, 0.29) is 10.8 Å². The molecule has 0 radical (unpaired) electrons. The van der Waals surface area contributed by atoms with Crippen molar-refractivity contribution < 1.29 is 13.2 Å². The minimum atomic E-state index is -3.58. The lowest BCUT2D eigenvalue weighted by atomic mass is 10.1. The van der Waals surface area contributed by atoms with E-state index in [1.165, 1.54) is 29.6 Å². The van der Waals surface area contributed by atoms with Crippen molar-refractivity contribution in [1.29, 1.82) is 0 Å². The molecule has 0 aliphatic carbocycles. The molecule has 0 unspecified atom stereocenters. The Morgan fingerprint density at radius 3 is 2.41 bits per heavy atom. The smallest absolute Gasteiger partial charge is 0.251 e. The highest BCUT2D eigenvalue weighted by molar-refractivity contribution is 7.89. The van der Waals surface area contributed by atoms with E-state index in [2.05, 4.69) is 15.1 Å². The summed E-state index contributed by atoms with van der Waals surface area (Å²) in [6, 6.07) is 4.87. The molecule has 2 saturated heterocycles. The third-order valence-corrected chi connectivity index (χ3v) is 7.83. The minimum absolute atomic E-state index is 0.198. The number of carbonyl (C=O) groups excluding carboxylic acids is 1. The highest BCUT2D eigenvalue weighted by Gasteiger charge is 2.28. The van der Waals surface area contributed by atoms with Gasteiger partial charge in [-0.15, -0.1) is 0 Å². The Kier molecular flexibility index (Phi) is 7.67. The number of piperazine rings is 1. The lowest BCUT2D eigenvalue weighted by molar-refractivity contribution is 0.0950. The third-order valence-electron chi connectivity index (χ3n) is 5.94. The van der Waals surface area contributed by atoms with Crippen LogP contribution in [0.25, 0.3) is 0 Å². The molecule has 1 aromatic rings. The number of rotatable bonds is 7. The van der Waals surface area contributed by atoms with E-state index >= 15 is 0 Å². The SMILES string of the molecule is Cc1ccc(S(=O)(=O)N2CCN(C)CC2)cc1C(=O)NCCCN1CCCCC1. The van der Waals surface area contributed by atoms with Crippen molar-refractivity contribution in [1.82, 2.24) is 19.4 Å². The van der Waals surface area contributed by atoms with Crippen molar-refractivity contribution in [2.75, 3.05) is 59.4 Å². The maximum absolute atomic E-state index is 13.0. The van der Waals surface area contributed by atoms with E-state index in [1.807, 2.05) is 14.0 Å². The molecule has 2 aliphatic heterocycles. The predicted molar refractivity (Wildman–Crippen MR) is 115 cm³/mol. The van der Waals surface area contributed by atoms with Crippen LogP contribution in [0.2, 0.25) is 0 Å². The Morgan fingerprint density at radius 2 is 1.72 bits per heavy atom. The van der Waals surface area contributed by atoms with Crippen LogP contribution in [0.1, 0.15) is 41.6 Å². The number of likely N-dealkylation sites (tertiary alicyclic amines) is 1. The van der Waals surface area contributed by atoms with Gasteiger partial charge in [-0.3, -0.25) is 4.79 Å². The van der Waals surface area contributed by atoms with Crippen molar-refractivity contribution in [3.8, 4) is 0 Å². The van der Waals surface area contributed by atoms with Gasteiger partial charge < -0.3 is 15.1 Å². The lowest BCUT2D eigenvalue weighted by Gasteiger charge is -2.31. The van der Waals surface area contributed by atoms with Crippen LogP contribution in [0.4, 0.5) is 0 Å².